The third kappa shape index (κ3) is 5.38. The predicted molar refractivity (Wildman–Crippen MR) is 157 cm³/mol. The molecule has 8 atom stereocenters. The van der Waals surface area contributed by atoms with Gasteiger partial charge in [0, 0.05) is 39.4 Å². The first kappa shape index (κ1) is 29.6. The lowest BCUT2D eigenvalue weighted by atomic mass is 9.58. The quantitative estimate of drug-likeness (QED) is 0.213. The lowest BCUT2D eigenvalue weighted by Gasteiger charge is -2.60. The Hall–Kier alpha value is -2.46. The van der Waals surface area contributed by atoms with E-state index in [4.69, 9.17) is 47.2 Å². The van der Waals surface area contributed by atoms with Gasteiger partial charge in [0.25, 0.3) is 5.91 Å². The smallest absolute Gasteiger partial charge is 0.259 e. The van der Waals surface area contributed by atoms with Crippen LogP contribution in [0.4, 0.5) is 0 Å². The summed E-state index contributed by atoms with van der Waals surface area (Å²) in [5.74, 6) is -0.131. The molecular weight excluding hydrogens is 581 g/mol. The van der Waals surface area contributed by atoms with Crippen molar-refractivity contribution in [1.29, 1.82) is 0 Å². The maximum atomic E-state index is 13.0. The number of hydrogen-bond acceptors (Lipinski definition) is 7. The van der Waals surface area contributed by atoms with Crippen LogP contribution in [0.25, 0.3) is 6.08 Å². The highest BCUT2D eigenvalue weighted by molar-refractivity contribution is 6.37. The van der Waals surface area contributed by atoms with E-state index < -0.39 is 23.9 Å². The molecule has 5 aliphatic rings. The molecule has 1 saturated carbocycles. The van der Waals surface area contributed by atoms with Gasteiger partial charge in [0.05, 0.1) is 0 Å². The first-order valence-corrected chi connectivity index (χ1v) is 15.2. The molecule has 1 spiro atoms. The van der Waals surface area contributed by atoms with E-state index in [1.807, 2.05) is 6.92 Å². The normalized spacial score (nSPS) is 35.4. The minimum absolute atomic E-state index is 0.0196. The molecule has 224 valence electrons. The number of ketones is 1. The van der Waals surface area contributed by atoms with E-state index in [1.165, 1.54) is 6.08 Å². The van der Waals surface area contributed by atoms with E-state index in [2.05, 4.69) is 19.2 Å². The number of carbonyl (C=O) groups is 2. The average Bonchev–Trinajstić information content (AvgIpc) is 3.20. The molecule has 0 unspecified atom stereocenters. The molecule has 2 aromatic rings. The Labute approximate surface area is 255 Å². The van der Waals surface area contributed by atoms with E-state index in [0.29, 0.717) is 32.8 Å². The number of hydrogen-bond donors (Lipinski definition) is 1. The average molecular weight is 617 g/mol. The van der Waals surface area contributed by atoms with Crippen molar-refractivity contribution in [2.75, 3.05) is 6.61 Å². The minimum Gasteiger partial charge on any atom is -0.484 e. The molecule has 1 amide bonds. The Kier molecular flexibility index (Phi) is 8.15. The second kappa shape index (κ2) is 11.6. The van der Waals surface area contributed by atoms with Crippen molar-refractivity contribution < 1.29 is 33.6 Å². The summed E-state index contributed by atoms with van der Waals surface area (Å²) in [5.41, 5.74) is 0.360. The lowest BCUT2D eigenvalue weighted by Crippen LogP contribution is -2.72. The third-order valence-corrected chi connectivity index (χ3v) is 10.0. The number of ether oxygens (including phenoxy) is 3. The second-order valence-corrected chi connectivity index (χ2v) is 12.9. The zero-order valence-electron chi connectivity index (χ0n) is 23.8. The fourth-order valence-electron chi connectivity index (χ4n) is 7.06. The van der Waals surface area contributed by atoms with Gasteiger partial charge in [-0.05, 0) is 86.6 Å². The van der Waals surface area contributed by atoms with E-state index >= 15 is 0 Å². The Morgan fingerprint density at radius 3 is 2.50 bits per heavy atom. The summed E-state index contributed by atoms with van der Waals surface area (Å²) in [7, 11) is 0. The molecule has 4 heterocycles. The minimum atomic E-state index is -0.874. The monoisotopic (exact) mass is 615 g/mol. The molecule has 2 bridgehead atoms. The van der Waals surface area contributed by atoms with E-state index in [1.54, 1.807) is 48.5 Å². The van der Waals surface area contributed by atoms with Gasteiger partial charge in [-0.25, -0.2) is 9.78 Å². The van der Waals surface area contributed by atoms with Crippen LogP contribution in [0.5, 0.6) is 5.75 Å². The molecule has 4 aliphatic heterocycles. The van der Waals surface area contributed by atoms with E-state index in [0.717, 1.165) is 25.7 Å². The molecule has 1 aliphatic carbocycles. The summed E-state index contributed by atoms with van der Waals surface area (Å²) in [5, 5.41) is 3.92. The molecule has 7 rings (SSSR count). The van der Waals surface area contributed by atoms with Gasteiger partial charge in [-0.2, -0.15) is 0 Å². The van der Waals surface area contributed by atoms with Crippen LogP contribution in [0.1, 0.15) is 62.4 Å². The van der Waals surface area contributed by atoms with Crippen LogP contribution in [0.3, 0.4) is 0 Å². The number of nitrogens with one attached hydrogen (secondary N) is 1. The summed E-state index contributed by atoms with van der Waals surface area (Å²) in [4.78, 5) is 37.6. The Morgan fingerprint density at radius 2 is 1.76 bits per heavy atom. The third-order valence-electron chi connectivity index (χ3n) is 9.37. The highest BCUT2D eigenvalue weighted by Crippen LogP contribution is 2.60. The van der Waals surface area contributed by atoms with Crippen molar-refractivity contribution in [2.45, 2.75) is 70.4 Å². The van der Waals surface area contributed by atoms with Crippen LogP contribution in [0.15, 0.2) is 48.5 Å². The van der Waals surface area contributed by atoms with Crippen LogP contribution in [-0.4, -0.2) is 42.2 Å². The number of benzene rings is 2. The Balaban J connectivity index is 1.06. The fraction of sp³-hybridized carbons (Fsp3) is 0.500. The maximum Gasteiger partial charge on any atom is 0.259 e. The van der Waals surface area contributed by atoms with Crippen molar-refractivity contribution >= 4 is 41.0 Å². The second-order valence-electron chi connectivity index (χ2n) is 12.0. The molecule has 0 radical (unpaired) electrons. The fourth-order valence-corrected chi connectivity index (χ4v) is 7.58. The molecule has 10 heteroatoms. The van der Waals surface area contributed by atoms with Gasteiger partial charge in [-0.15, -0.1) is 0 Å². The number of carbonyl (C=O) groups excluding carboxylic acids is 2. The largest absolute Gasteiger partial charge is 0.484 e. The number of halogens is 2. The van der Waals surface area contributed by atoms with Gasteiger partial charge in [0.1, 0.15) is 12.0 Å². The molecule has 2 aromatic carbocycles. The summed E-state index contributed by atoms with van der Waals surface area (Å²) in [6, 6.07) is 11.7. The van der Waals surface area contributed by atoms with Crippen LogP contribution >= 0.6 is 23.2 Å². The van der Waals surface area contributed by atoms with Crippen LogP contribution in [-0.2, 0) is 24.0 Å². The zero-order valence-corrected chi connectivity index (χ0v) is 25.3. The van der Waals surface area contributed by atoms with Crippen molar-refractivity contribution in [3.63, 3.8) is 0 Å². The van der Waals surface area contributed by atoms with Gasteiger partial charge in [-0.3, -0.25) is 9.59 Å². The van der Waals surface area contributed by atoms with Crippen molar-refractivity contribution in [2.24, 2.45) is 23.7 Å². The molecule has 4 saturated heterocycles. The van der Waals surface area contributed by atoms with Crippen LogP contribution in [0.2, 0.25) is 10.0 Å². The summed E-state index contributed by atoms with van der Waals surface area (Å²) in [6.45, 7) is 6.02. The summed E-state index contributed by atoms with van der Waals surface area (Å²) < 4.78 is 18.5. The first-order valence-electron chi connectivity index (χ1n) is 14.5. The molecule has 5 fully saturated rings. The van der Waals surface area contributed by atoms with E-state index in [9.17, 15) is 9.59 Å². The van der Waals surface area contributed by atoms with Gasteiger partial charge < -0.3 is 19.5 Å². The zero-order chi connectivity index (χ0) is 29.6. The van der Waals surface area contributed by atoms with Crippen molar-refractivity contribution in [3.8, 4) is 5.75 Å². The first-order chi connectivity index (χ1) is 20.1. The topological polar surface area (TPSA) is 92.3 Å². The van der Waals surface area contributed by atoms with Crippen LogP contribution in [0, 0.1) is 23.7 Å². The Morgan fingerprint density at radius 1 is 1.02 bits per heavy atom. The number of allylic oxidation sites excluding steroid dienone is 1. The SMILES string of the molecule is C[C@H]1[C@H](NC(=O)COc2ccc(C(=O)/C=C/c3c(Cl)cccc3Cl)cc2)O[C@@H]2O[C@]3(C)CC[C@H]4[C@H](C)CC[C@@H]1[C@@]24OO3. The Bertz CT molecular complexity index is 1360. The highest BCUT2D eigenvalue weighted by atomic mass is 35.5. The van der Waals surface area contributed by atoms with Crippen molar-refractivity contribution in [1.82, 2.24) is 5.32 Å². The number of rotatable bonds is 7. The molecule has 0 aromatic heterocycles. The molecule has 1 N–H and O–H groups in total. The maximum absolute atomic E-state index is 13.0. The molecular formula is C32H35Cl2NO7. The summed E-state index contributed by atoms with van der Waals surface area (Å²) in [6.07, 6.45) is 5.52. The van der Waals surface area contributed by atoms with Crippen LogP contribution < -0.4 is 10.1 Å². The molecule has 42 heavy (non-hydrogen) atoms. The number of fused-ring (bicyclic) bond motifs is 2. The van der Waals surface area contributed by atoms with Gasteiger partial charge in [0.15, 0.2) is 24.3 Å². The highest BCUT2D eigenvalue weighted by Gasteiger charge is 2.69. The standard InChI is InChI=1S/C32H35Cl2NO7/c1-18-7-13-24-19(2)29(39-30-32(24)23(18)15-16-31(3,40-30)41-42-32)35-28(37)17-38-21-10-8-20(9-11-21)27(36)14-12-22-25(33)5-4-6-26(22)34/h4-6,8-12,14,18-19,23-24,29-30H,7,13,15-17H2,1-3H3,(H,35,37)/b14-12+/t18-,19-,23+,24+,29-,30-,31+,32-/m1/s1. The number of amides is 1. The van der Waals surface area contributed by atoms with Gasteiger partial charge >= 0.3 is 0 Å². The van der Waals surface area contributed by atoms with Crippen molar-refractivity contribution in [3.05, 3.63) is 69.7 Å². The van der Waals surface area contributed by atoms with Gasteiger partial charge in [-0.1, -0.05) is 43.1 Å². The molecule has 8 nitrogen and oxygen atoms in total. The van der Waals surface area contributed by atoms with Gasteiger partial charge in [0.2, 0.25) is 5.79 Å². The lowest BCUT2D eigenvalue weighted by molar-refractivity contribution is -0.571. The summed E-state index contributed by atoms with van der Waals surface area (Å²) >= 11 is 12.3. The predicted octanol–water partition coefficient (Wildman–Crippen LogP) is 6.59. The van der Waals surface area contributed by atoms with E-state index in [-0.39, 0.29) is 36.1 Å².